The maximum atomic E-state index is 8.67. The van der Waals surface area contributed by atoms with Crippen molar-refractivity contribution in [1.82, 2.24) is 0 Å². The summed E-state index contributed by atoms with van der Waals surface area (Å²) in [6.07, 6.45) is 7.66. The van der Waals surface area contributed by atoms with Crippen LogP contribution >= 0.6 is 0 Å². The van der Waals surface area contributed by atoms with Crippen molar-refractivity contribution in [2.45, 2.75) is 52.4 Å². The van der Waals surface area contributed by atoms with Crippen LogP contribution in [-0.4, -0.2) is 18.3 Å². The summed E-state index contributed by atoms with van der Waals surface area (Å²) in [5.74, 6) is 6.49. The lowest BCUT2D eigenvalue weighted by atomic mass is 10.1. The van der Waals surface area contributed by atoms with Crippen molar-refractivity contribution >= 4 is 0 Å². The Balaban J connectivity index is 2.30. The molecule has 0 heterocycles. The third-order valence-corrected chi connectivity index (χ3v) is 3.24. The van der Waals surface area contributed by atoms with Crippen LogP contribution in [0.3, 0.4) is 0 Å². The Bertz CT molecular complexity index is 440. The Hall–Kier alpha value is -1.46. The molecule has 1 aromatic rings. The Kier molecular flexibility index (Phi) is 8.58. The smallest absolute Gasteiger partial charge is 0.122 e. The zero-order valence-electron chi connectivity index (χ0n) is 12.7. The van der Waals surface area contributed by atoms with Crippen LogP contribution in [0.4, 0.5) is 0 Å². The average Bonchev–Trinajstić information content (AvgIpc) is 2.46. The summed E-state index contributed by atoms with van der Waals surface area (Å²) in [4.78, 5) is 0. The lowest BCUT2D eigenvalue weighted by molar-refractivity contribution is 0.302. The molecule has 0 aliphatic carbocycles. The van der Waals surface area contributed by atoms with E-state index < -0.39 is 0 Å². The Morgan fingerprint density at radius 2 is 1.85 bits per heavy atom. The minimum Gasteiger partial charge on any atom is -0.493 e. The van der Waals surface area contributed by atoms with Gasteiger partial charge in [-0.25, -0.2) is 0 Å². The van der Waals surface area contributed by atoms with E-state index in [1.807, 2.05) is 25.1 Å². The van der Waals surface area contributed by atoms with Crippen molar-refractivity contribution in [2.24, 2.45) is 0 Å². The van der Waals surface area contributed by atoms with E-state index in [0.29, 0.717) is 0 Å². The van der Waals surface area contributed by atoms with Crippen LogP contribution in [0.25, 0.3) is 0 Å². The second-order valence-corrected chi connectivity index (χ2v) is 5.06. The number of unbranched alkanes of at least 4 members (excludes halogenated alkanes) is 5. The minimum absolute atomic E-state index is 0.102. The zero-order chi connectivity index (χ0) is 14.6. The molecule has 1 rings (SSSR count). The van der Waals surface area contributed by atoms with Gasteiger partial charge in [-0.15, -0.1) is 0 Å². The summed E-state index contributed by atoms with van der Waals surface area (Å²) in [6.45, 7) is 4.95. The fourth-order valence-electron chi connectivity index (χ4n) is 2.10. The second-order valence-electron chi connectivity index (χ2n) is 5.06. The molecule has 0 radical (unpaired) electrons. The molecule has 0 amide bonds. The number of rotatable bonds is 8. The largest absolute Gasteiger partial charge is 0.493 e. The number of aliphatic hydroxyl groups excluding tert-OH is 1. The molecule has 0 spiro atoms. The predicted molar refractivity (Wildman–Crippen MR) is 84.0 cm³/mol. The van der Waals surface area contributed by atoms with Gasteiger partial charge in [0.05, 0.1) is 6.61 Å². The van der Waals surface area contributed by atoms with E-state index in [-0.39, 0.29) is 6.61 Å². The maximum absolute atomic E-state index is 8.67. The fraction of sp³-hybridized carbons (Fsp3) is 0.556. The lowest BCUT2D eigenvalue weighted by Crippen LogP contribution is -1.99. The molecule has 0 unspecified atom stereocenters. The van der Waals surface area contributed by atoms with Gasteiger partial charge in [-0.05, 0) is 37.1 Å². The van der Waals surface area contributed by atoms with E-state index in [1.54, 1.807) is 0 Å². The van der Waals surface area contributed by atoms with Crippen LogP contribution in [0, 0.1) is 18.8 Å². The molecule has 1 N–H and O–H groups in total. The topological polar surface area (TPSA) is 29.5 Å². The summed E-state index contributed by atoms with van der Waals surface area (Å²) in [7, 11) is 0. The number of aliphatic hydroxyl groups is 1. The van der Waals surface area contributed by atoms with Gasteiger partial charge in [0.15, 0.2) is 0 Å². The minimum atomic E-state index is -0.102. The fourth-order valence-corrected chi connectivity index (χ4v) is 2.10. The summed E-state index contributed by atoms with van der Waals surface area (Å²) in [6, 6.07) is 5.90. The molecule has 0 aliphatic rings. The number of benzene rings is 1. The molecule has 0 bridgehead atoms. The van der Waals surface area contributed by atoms with E-state index in [0.717, 1.165) is 29.9 Å². The van der Waals surface area contributed by atoms with Crippen molar-refractivity contribution in [3.05, 3.63) is 29.3 Å². The van der Waals surface area contributed by atoms with E-state index in [2.05, 4.69) is 18.8 Å². The Morgan fingerprint density at radius 3 is 2.55 bits per heavy atom. The van der Waals surface area contributed by atoms with Crippen molar-refractivity contribution in [3.63, 3.8) is 0 Å². The molecule has 2 nitrogen and oxygen atoms in total. The summed E-state index contributed by atoms with van der Waals surface area (Å²) in [5, 5.41) is 8.67. The van der Waals surface area contributed by atoms with E-state index >= 15 is 0 Å². The molecular weight excluding hydrogens is 248 g/mol. The predicted octanol–water partition coefficient (Wildman–Crippen LogP) is 4.08. The Morgan fingerprint density at radius 1 is 1.10 bits per heavy atom. The molecule has 0 saturated heterocycles. The van der Waals surface area contributed by atoms with Crippen LogP contribution in [-0.2, 0) is 0 Å². The van der Waals surface area contributed by atoms with Gasteiger partial charge < -0.3 is 9.84 Å². The lowest BCUT2D eigenvalue weighted by Gasteiger charge is -2.09. The van der Waals surface area contributed by atoms with Gasteiger partial charge >= 0.3 is 0 Å². The van der Waals surface area contributed by atoms with E-state index in [9.17, 15) is 0 Å². The van der Waals surface area contributed by atoms with Gasteiger partial charge in [0, 0.05) is 5.56 Å². The first-order valence-electron chi connectivity index (χ1n) is 7.61. The standard InChI is InChI=1S/C18H26O2/c1-3-4-5-6-7-8-14-20-18-12-11-17(10-9-13-19)15-16(18)2/h11-12,15,19H,3-8,13-14H2,1-2H3. The molecule has 1 aromatic carbocycles. The van der Waals surface area contributed by atoms with Crippen LogP contribution < -0.4 is 4.74 Å². The first-order chi connectivity index (χ1) is 9.77. The third-order valence-electron chi connectivity index (χ3n) is 3.24. The Labute approximate surface area is 123 Å². The van der Waals surface area contributed by atoms with Crippen LogP contribution in [0.1, 0.15) is 56.6 Å². The highest BCUT2D eigenvalue weighted by Gasteiger charge is 2.00. The molecule has 0 fully saturated rings. The highest BCUT2D eigenvalue weighted by atomic mass is 16.5. The van der Waals surface area contributed by atoms with Gasteiger partial charge in [0.2, 0.25) is 0 Å². The SMILES string of the molecule is CCCCCCCCOc1ccc(C#CCO)cc1C. The molecule has 0 saturated carbocycles. The van der Waals surface area contributed by atoms with Crippen LogP contribution in [0.5, 0.6) is 5.75 Å². The molecule has 20 heavy (non-hydrogen) atoms. The molecule has 0 aliphatic heterocycles. The van der Waals surface area contributed by atoms with Crippen molar-refractivity contribution in [2.75, 3.05) is 13.2 Å². The summed E-state index contributed by atoms with van der Waals surface area (Å²) < 4.78 is 5.81. The third kappa shape index (κ3) is 6.63. The van der Waals surface area contributed by atoms with Gasteiger partial charge in [-0.3, -0.25) is 0 Å². The molecule has 110 valence electrons. The van der Waals surface area contributed by atoms with Crippen LogP contribution in [0.15, 0.2) is 18.2 Å². The number of aryl methyl sites for hydroxylation is 1. The van der Waals surface area contributed by atoms with Crippen LogP contribution in [0.2, 0.25) is 0 Å². The van der Waals surface area contributed by atoms with E-state index in [4.69, 9.17) is 9.84 Å². The van der Waals surface area contributed by atoms with E-state index in [1.165, 1.54) is 32.1 Å². The maximum Gasteiger partial charge on any atom is 0.122 e. The summed E-state index contributed by atoms with van der Waals surface area (Å²) in [5.41, 5.74) is 2.02. The molecule has 0 aromatic heterocycles. The van der Waals surface area contributed by atoms with Gasteiger partial charge in [0.25, 0.3) is 0 Å². The monoisotopic (exact) mass is 274 g/mol. The average molecular weight is 274 g/mol. The molecule has 0 atom stereocenters. The molecular formula is C18H26O2. The normalized spacial score (nSPS) is 9.95. The quantitative estimate of drug-likeness (QED) is 0.572. The zero-order valence-corrected chi connectivity index (χ0v) is 12.7. The van der Waals surface area contributed by atoms with Crippen molar-refractivity contribution < 1.29 is 9.84 Å². The highest BCUT2D eigenvalue weighted by Crippen LogP contribution is 2.19. The van der Waals surface area contributed by atoms with Gasteiger partial charge in [-0.1, -0.05) is 50.9 Å². The number of ether oxygens (including phenoxy) is 1. The molecule has 2 heteroatoms. The van der Waals surface area contributed by atoms with Gasteiger partial charge in [0.1, 0.15) is 12.4 Å². The second kappa shape index (κ2) is 10.3. The summed E-state index contributed by atoms with van der Waals surface area (Å²) >= 11 is 0. The number of hydrogen-bond acceptors (Lipinski definition) is 2. The first-order valence-corrected chi connectivity index (χ1v) is 7.61. The van der Waals surface area contributed by atoms with Crippen molar-refractivity contribution in [3.8, 4) is 17.6 Å². The first kappa shape index (κ1) is 16.6. The highest BCUT2D eigenvalue weighted by molar-refractivity contribution is 5.43. The van der Waals surface area contributed by atoms with Gasteiger partial charge in [-0.2, -0.15) is 0 Å². The number of hydrogen-bond donors (Lipinski definition) is 1. The van der Waals surface area contributed by atoms with Crippen molar-refractivity contribution in [1.29, 1.82) is 0 Å².